The monoisotopic (exact) mass is 262 g/mol. The van der Waals surface area contributed by atoms with Crippen LogP contribution in [0.1, 0.15) is 26.7 Å². The van der Waals surface area contributed by atoms with Crippen molar-refractivity contribution in [1.82, 2.24) is 0 Å². The van der Waals surface area contributed by atoms with Crippen LogP contribution in [-0.4, -0.2) is 25.4 Å². The predicted molar refractivity (Wildman–Crippen MR) is 75.8 cm³/mol. The minimum atomic E-state index is 0.146. The fourth-order valence-electron chi connectivity index (χ4n) is 3.36. The molecule has 3 rings (SSSR count). The van der Waals surface area contributed by atoms with E-state index in [-0.39, 0.29) is 5.54 Å². The Labute approximate surface area is 114 Å². The Bertz CT molecular complexity index is 473. The number of anilines is 1. The molecular formula is C15H22N2O2. The first-order valence-corrected chi connectivity index (χ1v) is 7.00. The molecule has 0 bridgehead atoms. The van der Waals surface area contributed by atoms with E-state index >= 15 is 0 Å². The van der Waals surface area contributed by atoms with E-state index < -0.39 is 0 Å². The van der Waals surface area contributed by atoms with E-state index in [0.717, 1.165) is 31.0 Å². The second-order valence-corrected chi connectivity index (χ2v) is 5.91. The van der Waals surface area contributed by atoms with Crippen molar-refractivity contribution in [3.63, 3.8) is 0 Å². The predicted octanol–water partition coefficient (Wildman–Crippen LogP) is 2.37. The highest BCUT2D eigenvalue weighted by molar-refractivity contribution is 5.59. The Kier molecular flexibility index (Phi) is 3.05. The molecular weight excluding hydrogens is 240 g/mol. The maximum Gasteiger partial charge on any atom is 0.231 e. The summed E-state index contributed by atoms with van der Waals surface area (Å²) in [6.07, 6.45) is 2.30. The zero-order valence-electron chi connectivity index (χ0n) is 11.7. The Balaban J connectivity index is 1.86. The van der Waals surface area contributed by atoms with Crippen molar-refractivity contribution >= 4 is 5.69 Å². The van der Waals surface area contributed by atoms with Crippen molar-refractivity contribution in [1.29, 1.82) is 0 Å². The van der Waals surface area contributed by atoms with Crippen LogP contribution >= 0.6 is 0 Å². The first-order chi connectivity index (χ1) is 9.13. The fourth-order valence-corrected chi connectivity index (χ4v) is 3.36. The average Bonchev–Trinajstić information content (AvgIpc) is 2.94. The number of fused-ring (bicyclic) bond motifs is 1. The molecule has 4 nitrogen and oxygen atoms in total. The second kappa shape index (κ2) is 4.60. The van der Waals surface area contributed by atoms with Crippen LogP contribution in [0.3, 0.4) is 0 Å². The molecule has 2 aliphatic heterocycles. The third kappa shape index (κ3) is 2.04. The highest BCUT2D eigenvalue weighted by Gasteiger charge is 2.40. The molecule has 1 aromatic rings. The average molecular weight is 262 g/mol. The van der Waals surface area contributed by atoms with Crippen LogP contribution in [0.4, 0.5) is 5.69 Å². The Morgan fingerprint density at radius 1 is 1.32 bits per heavy atom. The van der Waals surface area contributed by atoms with Crippen LogP contribution in [0, 0.1) is 5.92 Å². The van der Waals surface area contributed by atoms with Gasteiger partial charge in [-0.05, 0) is 51.3 Å². The van der Waals surface area contributed by atoms with E-state index in [1.807, 2.05) is 6.07 Å². The molecule has 0 radical (unpaired) electrons. The van der Waals surface area contributed by atoms with E-state index in [9.17, 15) is 0 Å². The molecule has 0 saturated carbocycles. The van der Waals surface area contributed by atoms with E-state index in [4.69, 9.17) is 15.2 Å². The van der Waals surface area contributed by atoms with Gasteiger partial charge in [0, 0.05) is 23.8 Å². The van der Waals surface area contributed by atoms with E-state index in [0.29, 0.717) is 12.7 Å². The van der Waals surface area contributed by atoms with Gasteiger partial charge in [0.2, 0.25) is 6.79 Å². The summed E-state index contributed by atoms with van der Waals surface area (Å²) in [5.41, 5.74) is 7.09. The number of nitrogens with zero attached hydrogens (tertiary/aromatic N) is 1. The van der Waals surface area contributed by atoms with E-state index in [1.54, 1.807) is 0 Å². The van der Waals surface area contributed by atoms with Gasteiger partial charge in [-0.15, -0.1) is 0 Å². The quantitative estimate of drug-likeness (QED) is 0.908. The lowest BCUT2D eigenvalue weighted by atomic mass is 9.85. The molecule has 2 aliphatic rings. The molecule has 19 heavy (non-hydrogen) atoms. The van der Waals surface area contributed by atoms with Gasteiger partial charge in [-0.25, -0.2) is 0 Å². The second-order valence-electron chi connectivity index (χ2n) is 5.91. The maximum absolute atomic E-state index is 5.73. The summed E-state index contributed by atoms with van der Waals surface area (Å²) in [7, 11) is 0. The summed E-state index contributed by atoms with van der Waals surface area (Å²) >= 11 is 0. The minimum Gasteiger partial charge on any atom is -0.454 e. The lowest BCUT2D eigenvalue weighted by Gasteiger charge is -2.37. The van der Waals surface area contributed by atoms with Crippen molar-refractivity contribution < 1.29 is 9.47 Å². The van der Waals surface area contributed by atoms with E-state index in [1.165, 1.54) is 12.1 Å². The summed E-state index contributed by atoms with van der Waals surface area (Å²) in [4.78, 5) is 2.47. The smallest absolute Gasteiger partial charge is 0.231 e. The molecule has 0 spiro atoms. The zero-order chi connectivity index (χ0) is 13.5. The van der Waals surface area contributed by atoms with Crippen LogP contribution < -0.4 is 20.1 Å². The van der Waals surface area contributed by atoms with Gasteiger partial charge >= 0.3 is 0 Å². The highest BCUT2D eigenvalue weighted by Crippen LogP contribution is 2.43. The third-order valence-corrected chi connectivity index (χ3v) is 4.58. The molecule has 1 aromatic carbocycles. The lowest BCUT2D eigenvalue weighted by Crippen LogP contribution is -2.43. The Hall–Kier alpha value is -1.42. The van der Waals surface area contributed by atoms with Crippen LogP contribution in [-0.2, 0) is 0 Å². The zero-order valence-corrected chi connectivity index (χ0v) is 11.7. The van der Waals surface area contributed by atoms with Gasteiger partial charge in [-0.2, -0.15) is 0 Å². The van der Waals surface area contributed by atoms with Gasteiger partial charge in [-0.1, -0.05) is 0 Å². The standard InChI is InChI=1S/C15H22N2O2/c1-15(2)11(5-7-16)6-8-17(15)12-3-4-13-14(9-12)19-10-18-13/h3-4,9,11H,5-8,10,16H2,1-2H3. The van der Waals surface area contributed by atoms with Crippen molar-refractivity contribution in [3.05, 3.63) is 18.2 Å². The summed E-state index contributed by atoms with van der Waals surface area (Å²) in [5, 5.41) is 0. The molecule has 104 valence electrons. The van der Waals surface area contributed by atoms with Gasteiger partial charge in [0.1, 0.15) is 0 Å². The molecule has 2 N–H and O–H groups in total. The Morgan fingerprint density at radius 3 is 2.89 bits per heavy atom. The third-order valence-electron chi connectivity index (χ3n) is 4.58. The molecule has 1 unspecified atom stereocenters. The number of rotatable bonds is 3. The number of nitrogens with two attached hydrogens (primary N) is 1. The maximum atomic E-state index is 5.73. The highest BCUT2D eigenvalue weighted by atomic mass is 16.7. The molecule has 0 aliphatic carbocycles. The summed E-state index contributed by atoms with van der Waals surface area (Å²) in [6, 6.07) is 6.22. The molecule has 4 heteroatoms. The molecule has 1 atom stereocenters. The number of hydrogen-bond donors (Lipinski definition) is 1. The van der Waals surface area contributed by atoms with E-state index in [2.05, 4.69) is 30.9 Å². The molecule has 1 saturated heterocycles. The SMILES string of the molecule is CC1(C)C(CCN)CCN1c1ccc2c(c1)OCO2. The first kappa shape index (κ1) is 12.6. The summed E-state index contributed by atoms with van der Waals surface area (Å²) in [5.74, 6) is 2.36. The molecule has 1 fully saturated rings. The molecule has 2 heterocycles. The van der Waals surface area contributed by atoms with Gasteiger partial charge in [0.15, 0.2) is 11.5 Å². The van der Waals surface area contributed by atoms with Crippen molar-refractivity contribution in [3.8, 4) is 11.5 Å². The lowest BCUT2D eigenvalue weighted by molar-refractivity contribution is 0.174. The topological polar surface area (TPSA) is 47.7 Å². The van der Waals surface area contributed by atoms with Gasteiger partial charge < -0.3 is 20.1 Å². The fraction of sp³-hybridized carbons (Fsp3) is 0.600. The van der Waals surface area contributed by atoms with Gasteiger partial charge in [0.05, 0.1) is 0 Å². The minimum absolute atomic E-state index is 0.146. The number of benzene rings is 1. The first-order valence-electron chi connectivity index (χ1n) is 7.00. The van der Waals surface area contributed by atoms with Gasteiger partial charge in [0.25, 0.3) is 0 Å². The van der Waals surface area contributed by atoms with Crippen LogP contribution in [0.2, 0.25) is 0 Å². The van der Waals surface area contributed by atoms with Crippen LogP contribution in [0.15, 0.2) is 18.2 Å². The summed E-state index contributed by atoms with van der Waals surface area (Å²) in [6.45, 7) is 6.80. The number of ether oxygens (including phenoxy) is 2. The molecule has 0 aromatic heterocycles. The summed E-state index contributed by atoms with van der Waals surface area (Å²) < 4.78 is 10.8. The van der Waals surface area contributed by atoms with Crippen molar-refractivity contribution in [2.24, 2.45) is 11.7 Å². The largest absolute Gasteiger partial charge is 0.454 e. The van der Waals surface area contributed by atoms with Gasteiger partial charge in [-0.3, -0.25) is 0 Å². The van der Waals surface area contributed by atoms with Crippen LogP contribution in [0.25, 0.3) is 0 Å². The van der Waals surface area contributed by atoms with Crippen LogP contribution in [0.5, 0.6) is 11.5 Å². The molecule has 0 amide bonds. The van der Waals surface area contributed by atoms with Crippen molar-refractivity contribution in [2.75, 3.05) is 24.8 Å². The normalized spacial score (nSPS) is 23.9. The Morgan fingerprint density at radius 2 is 2.11 bits per heavy atom. The van der Waals surface area contributed by atoms with Crippen molar-refractivity contribution in [2.45, 2.75) is 32.2 Å². The number of hydrogen-bond acceptors (Lipinski definition) is 4.